The van der Waals surface area contributed by atoms with Crippen LogP contribution in [-0.4, -0.2) is 52.8 Å². The fraction of sp³-hybridized carbons (Fsp3) is 0.438. The van der Waals surface area contributed by atoms with Crippen molar-refractivity contribution in [2.24, 2.45) is 0 Å². The molecule has 1 amide bonds. The van der Waals surface area contributed by atoms with Gasteiger partial charge < -0.3 is 19.9 Å². The van der Waals surface area contributed by atoms with Gasteiger partial charge in [-0.2, -0.15) is 21.6 Å². The Morgan fingerprint density at radius 2 is 1.83 bits per heavy atom. The normalized spacial score (nSPS) is 21.5. The predicted molar refractivity (Wildman–Crippen MR) is 170 cm³/mol. The van der Waals surface area contributed by atoms with Crippen molar-refractivity contribution in [3.05, 3.63) is 65.2 Å². The summed E-state index contributed by atoms with van der Waals surface area (Å²) in [6.07, 6.45) is 1.78. The lowest BCUT2D eigenvalue weighted by Gasteiger charge is -2.38. The first-order valence-corrected chi connectivity index (χ1v) is 17.9. The highest BCUT2D eigenvalue weighted by molar-refractivity contribution is 7.85. The predicted octanol–water partition coefficient (Wildman–Crippen LogP) is 7.26. The van der Waals surface area contributed by atoms with Gasteiger partial charge in [-0.3, -0.25) is 9.35 Å². The summed E-state index contributed by atoms with van der Waals surface area (Å²) >= 11 is 1.30. The molecule has 9 nitrogen and oxygen atoms in total. The van der Waals surface area contributed by atoms with E-state index in [2.05, 4.69) is 20.2 Å². The molecule has 3 N–H and O–H groups in total. The highest BCUT2D eigenvalue weighted by atomic mass is 32.2. The van der Waals surface area contributed by atoms with E-state index in [4.69, 9.17) is 9.29 Å². The van der Waals surface area contributed by atoms with E-state index in [1.165, 1.54) is 23.5 Å². The summed E-state index contributed by atoms with van der Waals surface area (Å²) in [5, 5.41) is 3.13. The summed E-state index contributed by atoms with van der Waals surface area (Å²) in [4.78, 5) is 22.2. The van der Waals surface area contributed by atoms with Crippen LogP contribution >= 0.6 is 11.3 Å². The molecule has 2 aromatic heterocycles. The van der Waals surface area contributed by atoms with Crippen LogP contribution in [0.2, 0.25) is 0 Å². The van der Waals surface area contributed by atoms with Crippen LogP contribution in [-0.2, 0) is 32.4 Å². The van der Waals surface area contributed by atoms with Gasteiger partial charge >= 0.3 is 6.18 Å². The van der Waals surface area contributed by atoms with Crippen molar-refractivity contribution in [3.63, 3.8) is 0 Å². The van der Waals surface area contributed by atoms with E-state index in [0.717, 1.165) is 49.1 Å². The molecule has 2 aromatic carbocycles. The van der Waals surface area contributed by atoms with Gasteiger partial charge in [-0.1, -0.05) is 29.5 Å². The van der Waals surface area contributed by atoms with Crippen molar-refractivity contribution < 1.29 is 40.1 Å². The molecule has 0 spiro atoms. The number of hydrogen-bond donors (Lipinski definition) is 3. The van der Waals surface area contributed by atoms with Gasteiger partial charge in [0.1, 0.15) is 5.52 Å². The molecule has 4 heterocycles. The number of rotatable bonds is 10. The number of carbonyl (C=O) groups is 1. The van der Waals surface area contributed by atoms with E-state index >= 15 is 4.39 Å². The average Bonchev–Trinajstić information content (AvgIpc) is 3.52. The quantitative estimate of drug-likeness (QED) is 0.118. The van der Waals surface area contributed by atoms with E-state index in [1.54, 1.807) is 18.3 Å². The molecule has 2 saturated heterocycles. The molecule has 1 saturated carbocycles. The molecular formula is C32H32F4N4O5S2. The van der Waals surface area contributed by atoms with Crippen molar-refractivity contribution in [1.29, 1.82) is 0 Å². The zero-order valence-corrected chi connectivity index (χ0v) is 26.7. The first-order valence-electron chi connectivity index (χ1n) is 15.5. The van der Waals surface area contributed by atoms with Gasteiger partial charge in [0.15, 0.2) is 10.9 Å². The third kappa shape index (κ3) is 6.76. The summed E-state index contributed by atoms with van der Waals surface area (Å²) in [6, 6.07) is 8.54. The highest BCUT2D eigenvalue weighted by Gasteiger charge is 2.43. The molecule has 7 rings (SSSR count). The molecule has 2 bridgehead atoms. The molecular weight excluding hydrogens is 661 g/mol. The second kappa shape index (κ2) is 12.2. The van der Waals surface area contributed by atoms with E-state index in [1.807, 2.05) is 0 Å². The number of aromatic nitrogens is 2. The molecule has 2 aliphatic heterocycles. The van der Waals surface area contributed by atoms with E-state index < -0.39 is 45.8 Å². The third-order valence-electron chi connectivity index (χ3n) is 9.21. The smallest absolute Gasteiger partial charge is 0.373 e. The van der Waals surface area contributed by atoms with Gasteiger partial charge in [0.25, 0.3) is 10.1 Å². The maximum atomic E-state index is 15.1. The fourth-order valence-corrected chi connectivity index (χ4v) is 8.55. The molecule has 47 heavy (non-hydrogen) atoms. The molecule has 2 atom stereocenters. The summed E-state index contributed by atoms with van der Waals surface area (Å²) in [5.74, 6) is -1.74. The maximum Gasteiger partial charge on any atom is 0.417 e. The van der Waals surface area contributed by atoms with Gasteiger partial charge in [0.2, 0.25) is 5.91 Å². The summed E-state index contributed by atoms with van der Waals surface area (Å²) in [6.45, 7) is 0.200. The van der Waals surface area contributed by atoms with Crippen LogP contribution in [0.4, 0.5) is 28.4 Å². The first kappa shape index (κ1) is 32.0. The van der Waals surface area contributed by atoms with E-state index in [-0.39, 0.29) is 41.6 Å². The lowest BCUT2D eigenvalue weighted by Crippen LogP contribution is -2.45. The van der Waals surface area contributed by atoms with Gasteiger partial charge in [-0.15, -0.1) is 0 Å². The van der Waals surface area contributed by atoms with Crippen LogP contribution in [0, 0.1) is 5.82 Å². The van der Waals surface area contributed by atoms with Gasteiger partial charge in [-0.25, -0.2) is 9.37 Å². The minimum absolute atomic E-state index is 0.0986. The van der Waals surface area contributed by atoms with Crippen LogP contribution in [0.25, 0.3) is 21.3 Å². The molecule has 250 valence electrons. The zero-order valence-electron chi connectivity index (χ0n) is 25.0. The number of benzene rings is 2. The van der Waals surface area contributed by atoms with Gasteiger partial charge in [-0.05, 0) is 68.2 Å². The average molecular weight is 693 g/mol. The van der Waals surface area contributed by atoms with E-state index in [0.29, 0.717) is 34.2 Å². The number of aromatic amines is 1. The Morgan fingerprint density at radius 1 is 1.11 bits per heavy atom. The lowest BCUT2D eigenvalue weighted by molar-refractivity contribution is -0.137. The van der Waals surface area contributed by atoms with Crippen LogP contribution in [0.3, 0.4) is 0 Å². The standard InChI is InChI=1S/C32H32F4N4O5S2/c33-26-11-18(38-28(41)9-10-47(42,43)44)12-27-30(26)39-31(46-27)40-19-7-8-20(40)14-21(13-19)45-16-24-23(15-37-29(24)17-5-6-17)22-3-1-2-4-25(22)32(34,35)36/h1-4,11-12,15,17,19-21,37H,5-10,13-14,16H2,(H,38,41)(H,42,43,44). The number of halogens is 4. The minimum atomic E-state index is -4.48. The second-order valence-corrected chi connectivity index (χ2v) is 15.1. The fourth-order valence-electron chi connectivity index (χ4n) is 6.95. The van der Waals surface area contributed by atoms with E-state index in [9.17, 15) is 26.4 Å². The van der Waals surface area contributed by atoms with Gasteiger partial charge in [0.05, 0.1) is 28.7 Å². The molecule has 3 aliphatic rings. The number of alkyl halides is 3. The molecule has 1 aliphatic carbocycles. The minimum Gasteiger partial charge on any atom is -0.373 e. The third-order valence-corrected chi connectivity index (χ3v) is 10.9. The largest absolute Gasteiger partial charge is 0.417 e. The molecule has 0 radical (unpaired) electrons. The molecule has 15 heteroatoms. The molecule has 2 unspecified atom stereocenters. The second-order valence-electron chi connectivity index (χ2n) is 12.5. The molecule has 3 fully saturated rings. The summed E-state index contributed by atoms with van der Waals surface area (Å²) in [5.41, 5.74) is 2.04. The topological polar surface area (TPSA) is 125 Å². The summed E-state index contributed by atoms with van der Waals surface area (Å²) < 4.78 is 94.5. The Kier molecular flexibility index (Phi) is 8.30. The van der Waals surface area contributed by atoms with Crippen molar-refractivity contribution in [2.45, 2.75) is 81.8 Å². The van der Waals surface area contributed by atoms with Crippen LogP contribution in [0.1, 0.15) is 67.7 Å². The number of H-pyrrole nitrogens is 1. The summed E-state index contributed by atoms with van der Waals surface area (Å²) in [7, 11) is -4.31. The number of nitrogens with one attached hydrogen (secondary N) is 2. The van der Waals surface area contributed by atoms with Crippen molar-refractivity contribution in [3.8, 4) is 11.1 Å². The number of fused-ring (bicyclic) bond motifs is 3. The van der Waals surface area contributed by atoms with Crippen molar-refractivity contribution in [2.75, 3.05) is 16.0 Å². The Bertz CT molecular complexity index is 1920. The number of ether oxygens (including phenoxy) is 1. The van der Waals surface area contributed by atoms with Gasteiger partial charge in [0, 0.05) is 47.2 Å². The Hall–Kier alpha value is -3.53. The van der Waals surface area contributed by atoms with Crippen molar-refractivity contribution in [1.82, 2.24) is 9.97 Å². The number of nitrogens with zero attached hydrogens (tertiary/aromatic N) is 2. The number of piperidine rings is 1. The Balaban J connectivity index is 1.06. The van der Waals surface area contributed by atoms with Crippen molar-refractivity contribution >= 4 is 48.4 Å². The van der Waals surface area contributed by atoms with Crippen LogP contribution in [0.5, 0.6) is 0 Å². The first-order chi connectivity index (χ1) is 22.3. The number of amides is 1. The molecule has 4 aromatic rings. The zero-order chi connectivity index (χ0) is 33.1. The number of carbonyl (C=O) groups excluding carboxylic acids is 1. The highest BCUT2D eigenvalue weighted by Crippen LogP contribution is 2.47. The van der Waals surface area contributed by atoms with Crippen LogP contribution < -0.4 is 10.2 Å². The number of thiazole rings is 1. The Morgan fingerprint density at radius 3 is 2.51 bits per heavy atom. The maximum absolute atomic E-state index is 15.1. The lowest BCUT2D eigenvalue weighted by atomic mass is 9.96. The number of anilines is 2. The van der Waals surface area contributed by atoms with Crippen LogP contribution in [0.15, 0.2) is 42.6 Å². The SMILES string of the molecule is O=C(CCS(=O)(=O)O)Nc1cc(F)c2nc(N3C4CCC3CC(OCc3c(-c5ccccc5C(F)(F)F)c[nH]c3C3CC3)C4)sc2c1. The Labute approximate surface area is 272 Å². The number of hydrogen-bond acceptors (Lipinski definition) is 7. The monoisotopic (exact) mass is 692 g/mol.